The number of anilines is 1. The van der Waals surface area contributed by atoms with E-state index >= 15 is 0 Å². The average molecular weight is 301 g/mol. The summed E-state index contributed by atoms with van der Waals surface area (Å²) in [5.41, 5.74) is 2.50. The molecular formula is C15H15N3O2S. The predicted octanol–water partition coefficient (Wildman–Crippen LogP) is 2.08. The van der Waals surface area contributed by atoms with E-state index in [0.717, 1.165) is 11.3 Å². The van der Waals surface area contributed by atoms with Crippen LogP contribution in [0.4, 0.5) is 5.69 Å². The Morgan fingerprint density at radius 3 is 2.19 bits per heavy atom. The first-order valence-electron chi connectivity index (χ1n) is 6.32. The number of sulfonamides is 1. The molecule has 5 nitrogen and oxygen atoms in total. The molecule has 0 unspecified atom stereocenters. The van der Waals surface area contributed by atoms with Gasteiger partial charge in [-0.1, -0.05) is 12.1 Å². The van der Waals surface area contributed by atoms with Gasteiger partial charge in [0.25, 0.3) is 0 Å². The first-order chi connectivity index (χ1) is 10.0. The van der Waals surface area contributed by atoms with Gasteiger partial charge in [0, 0.05) is 12.2 Å². The van der Waals surface area contributed by atoms with Crippen LogP contribution in [0.25, 0.3) is 0 Å². The molecule has 0 saturated carbocycles. The maximum atomic E-state index is 11.6. The zero-order chi connectivity index (χ0) is 15.3. The quantitative estimate of drug-likeness (QED) is 0.886. The molecule has 2 rings (SSSR count). The van der Waals surface area contributed by atoms with E-state index in [1.165, 1.54) is 7.05 Å². The molecule has 0 atom stereocenters. The molecule has 0 spiro atoms. The van der Waals surface area contributed by atoms with Gasteiger partial charge in [0.15, 0.2) is 0 Å². The summed E-state index contributed by atoms with van der Waals surface area (Å²) in [7, 11) is -2.02. The SMILES string of the molecule is CNS(=O)(=O)c1ccc(NCc2ccc(C#N)cc2)cc1. The van der Waals surface area contributed by atoms with Gasteiger partial charge in [-0.15, -0.1) is 0 Å². The fourth-order valence-corrected chi connectivity index (χ4v) is 2.50. The van der Waals surface area contributed by atoms with Crippen LogP contribution in [-0.2, 0) is 16.6 Å². The van der Waals surface area contributed by atoms with Crippen molar-refractivity contribution in [3.8, 4) is 6.07 Å². The summed E-state index contributed by atoms with van der Waals surface area (Å²) in [4.78, 5) is 0.230. The first-order valence-corrected chi connectivity index (χ1v) is 7.80. The van der Waals surface area contributed by atoms with E-state index in [-0.39, 0.29) is 4.90 Å². The minimum atomic E-state index is -3.40. The molecule has 0 aliphatic heterocycles. The van der Waals surface area contributed by atoms with Gasteiger partial charge in [0.05, 0.1) is 16.5 Å². The standard InChI is InChI=1S/C15H15N3O2S/c1-17-21(19,20)15-8-6-14(7-9-15)18-11-13-4-2-12(10-16)3-5-13/h2-9,17-18H,11H2,1H3. The molecule has 0 fully saturated rings. The van der Waals surface area contributed by atoms with Crippen LogP contribution in [0.1, 0.15) is 11.1 Å². The lowest BCUT2D eigenvalue weighted by Crippen LogP contribution is -2.18. The van der Waals surface area contributed by atoms with Crippen molar-refractivity contribution in [2.45, 2.75) is 11.4 Å². The van der Waals surface area contributed by atoms with Crippen LogP contribution in [0.15, 0.2) is 53.4 Å². The molecule has 108 valence electrons. The van der Waals surface area contributed by atoms with Gasteiger partial charge in [0.2, 0.25) is 10.0 Å². The molecular weight excluding hydrogens is 286 g/mol. The van der Waals surface area contributed by atoms with Crippen molar-refractivity contribution < 1.29 is 8.42 Å². The van der Waals surface area contributed by atoms with Crippen LogP contribution in [0.3, 0.4) is 0 Å². The third-order valence-electron chi connectivity index (χ3n) is 3.01. The third-order valence-corrected chi connectivity index (χ3v) is 4.44. The number of rotatable bonds is 5. The Balaban J connectivity index is 2.02. The second kappa shape index (κ2) is 6.39. The monoisotopic (exact) mass is 301 g/mol. The van der Waals surface area contributed by atoms with E-state index in [1.807, 2.05) is 12.1 Å². The Labute approximate surface area is 124 Å². The molecule has 0 amide bonds. The molecule has 2 aromatic carbocycles. The van der Waals surface area contributed by atoms with Gasteiger partial charge in [0.1, 0.15) is 0 Å². The first kappa shape index (κ1) is 15.0. The van der Waals surface area contributed by atoms with Crippen molar-refractivity contribution in [3.63, 3.8) is 0 Å². The molecule has 2 N–H and O–H groups in total. The smallest absolute Gasteiger partial charge is 0.240 e. The number of benzene rings is 2. The maximum absolute atomic E-state index is 11.6. The summed E-state index contributed by atoms with van der Waals surface area (Å²) in [6, 6.07) is 15.9. The van der Waals surface area contributed by atoms with Crippen LogP contribution in [0.2, 0.25) is 0 Å². The van der Waals surface area contributed by atoms with Gasteiger partial charge in [-0.25, -0.2) is 13.1 Å². The zero-order valence-electron chi connectivity index (χ0n) is 11.5. The molecule has 6 heteroatoms. The van der Waals surface area contributed by atoms with Gasteiger partial charge in [-0.2, -0.15) is 5.26 Å². The number of hydrogen-bond acceptors (Lipinski definition) is 4. The Morgan fingerprint density at radius 1 is 1.05 bits per heavy atom. The lowest BCUT2D eigenvalue weighted by molar-refractivity contribution is 0.588. The molecule has 0 aliphatic rings. The van der Waals surface area contributed by atoms with Gasteiger partial charge < -0.3 is 5.32 Å². The zero-order valence-corrected chi connectivity index (χ0v) is 12.3. The molecule has 0 aliphatic carbocycles. The molecule has 0 radical (unpaired) electrons. The number of nitriles is 1. The van der Waals surface area contributed by atoms with E-state index in [0.29, 0.717) is 12.1 Å². The van der Waals surface area contributed by atoms with Gasteiger partial charge in [-0.05, 0) is 49.0 Å². The second-order valence-corrected chi connectivity index (χ2v) is 6.28. The highest BCUT2D eigenvalue weighted by Crippen LogP contribution is 2.14. The minimum Gasteiger partial charge on any atom is -0.381 e. The normalized spacial score (nSPS) is 10.9. The minimum absolute atomic E-state index is 0.230. The highest BCUT2D eigenvalue weighted by Gasteiger charge is 2.10. The number of hydrogen-bond donors (Lipinski definition) is 2. The van der Waals surface area contributed by atoms with E-state index in [4.69, 9.17) is 5.26 Å². The topological polar surface area (TPSA) is 82.0 Å². The van der Waals surface area contributed by atoms with E-state index < -0.39 is 10.0 Å². The van der Waals surface area contributed by atoms with Crippen molar-refractivity contribution >= 4 is 15.7 Å². The largest absolute Gasteiger partial charge is 0.381 e. The molecule has 0 aromatic heterocycles. The van der Waals surface area contributed by atoms with Crippen LogP contribution < -0.4 is 10.0 Å². The Hall–Kier alpha value is -2.36. The lowest BCUT2D eigenvalue weighted by Gasteiger charge is -2.08. The van der Waals surface area contributed by atoms with Crippen molar-refractivity contribution in [3.05, 3.63) is 59.7 Å². The molecule has 21 heavy (non-hydrogen) atoms. The fourth-order valence-electron chi connectivity index (χ4n) is 1.77. The summed E-state index contributed by atoms with van der Waals surface area (Å²) < 4.78 is 25.5. The third kappa shape index (κ3) is 3.81. The Morgan fingerprint density at radius 2 is 1.67 bits per heavy atom. The number of nitrogens with one attached hydrogen (secondary N) is 2. The second-order valence-electron chi connectivity index (χ2n) is 4.39. The van der Waals surface area contributed by atoms with Gasteiger partial charge >= 0.3 is 0 Å². The van der Waals surface area contributed by atoms with Crippen molar-refractivity contribution in [1.82, 2.24) is 4.72 Å². The summed E-state index contributed by atoms with van der Waals surface area (Å²) in [5, 5.41) is 11.9. The summed E-state index contributed by atoms with van der Waals surface area (Å²) >= 11 is 0. The summed E-state index contributed by atoms with van der Waals surface area (Å²) in [5.74, 6) is 0. The lowest BCUT2D eigenvalue weighted by atomic mass is 10.1. The molecule has 0 bridgehead atoms. The highest BCUT2D eigenvalue weighted by atomic mass is 32.2. The Bertz CT molecular complexity index is 745. The van der Waals surface area contributed by atoms with E-state index in [1.54, 1.807) is 36.4 Å². The van der Waals surface area contributed by atoms with Crippen LogP contribution in [0, 0.1) is 11.3 Å². The van der Waals surface area contributed by atoms with E-state index in [2.05, 4.69) is 16.1 Å². The van der Waals surface area contributed by atoms with Crippen molar-refractivity contribution in [2.24, 2.45) is 0 Å². The molecule has 2 aromatic rings. The van der Waals surface area contributed by atoms with E-state index in [9.17, 15) is 8.42 Å². The highest BCUT2D eigenvalue weighted by molar-refractivity contribution is 7.89. The fraction of sp³-hybridized carbons (Fsp3) is 0.133. The number of nitrogens with zero attached hydrogens (tertiary/aromatic N) is 1. The van der Waals surface area contributed by atoms with Crippen LogP contribution >= 0.6 is 0 Å². The van der Waals surface area contributed by atoms with Gasteiger partial charge in [-0.3, -0.25) is 0 Å². The van der Waals surface area contributed by atoms with Crippen LogP contribution in [-0.4, -0.2) is 15.5 Å². The van der Waals surface area contributed by atoms with Crippen molar-refractivity contribution in [2.75, 3.05) is 12.4 Å². The molecule has 0 heterocycles. The average Bonchev–Trinajstić information content (AvgIpc) is 2.54. The molecule has 0 saturated heterocycles. The van der Waals surface area contributed by atoms with Crippen molar-refractivity contribution in [1.29, 1.82) is 5.26 Å². The maximum Gasteiger partial charge on any atom is 0.240 e. The predicted molar refractivity (Wildman–Crippen MR) is 81.2 cm³/mol. The van der Waals surface area contributed by atoms with Crippen LogP contribution in [0.5, 0.6) is 0 Å². The summed E-state index contributed by atoms with van der Waals surface area (Å²) in [6.07, 6.45) is 0. The Kier molecular flexibility index (Phi) is 4.58. The summed E-state index contributed by atoms with van der Waals surface area (Å²) in [6.45, 7) is 0.601.